The molecule has 1 saturated carbocycles. The second-order valence-corrected chi connectivity index (χ2v) is 3.46. The Morgan fingerprint density at radius 2 is 2.00 bits per heavy atom. The smallest absolute Gasteiger partial charge is 0.250 e. The summed E-state index contributed by atoms with van der Waals surface area (Å²) in [5.74, 6) is -2.64. The van der Waals surface area contributed by atoms with Crippen LogP contribution >= 0.6 is 0 Å². The summed E-state index contributed by atoms with van der Waals surface area (Å²) in [6.07, 6.45) is 0.991. The summed E-state index contributed by atoms with van der Waals surface area (Å²) in [5, 5.41) is 9.54. The molecule has 0 amide bonds. The van der Waals surface area contributed by atoms with Gasteiger partial charge in [-0.05, 0) is 19.3 Å². The molecule has 66 valence electrons. The van der Waals surface area contributed by atoms with Crippen molar-refractivity contribution in [2.45, 2.75) is 50.6 Å². The second-order valence-electron chi connectivity index (χ2n) is 3.46. The molecule has 0 saturated heterocycles. The molecule has 0 aromatic carbocycles. The minimum Gasteiger partial charge on any atom is -0.390 e. The predicted molar refractivity (Wildman–Crippen MR) is 38.7 cm³/mol. The van der Waals surface area contributed by atoms with Gasteiger partial charge in [0.15, 0.2) is 0 Å². The number of aliphatic hydroxyl groups is 1. The Labute approximate surface area is 65.4 Å². The van der Waals surface area contributed by atoms with Gasteiger partial charge in [0.05, 0.1) is 5.60 Å². The van der Waals surface area contributed by atoms with Crippen LogP contribution in [-0.4, -0.2) is 16.6 Å². The van der Waals surface area contributed by atoms with E-state index in [9.17, 15) is 13.9 Å². The molecule has 1 nitrogen and oxygen atoms in total. The lowest BCUT2D eigenvalue weighted by molar-refractivity contribution is -0.125. The Bertz CT molecular complexity index is 147. The number of hydrogen-bond acceptors (Lipinski definition) is 1. The molecule has 0 radical (unpaired) electrons. The summed E-state index contributed by atoms with van der Waals surface area (Å²) in [6, 6.07) is 0. The van der Waals surface area contributed by atoms with Gasteiger partial charge < -0.3 is 5.11 Å². The predicted octanol–water partition coefficient (Wildman–Crippen LogP) is 2.34. The topological polar surface area (TPSA) is 20.2 Å². The maximum absolute atomic E-state index is 12.7. The molecule has 0 spiro atoms. The first kappa shape index (κ1) is 8.91. The standard InChI is InChI=1S/C8H14F2O/c1-2-7(11)4-3-5-8(9,10)6-7/h11H,2-6H2,1H3. The van der Waals surface area contributed by atoms with Gasteiger partial charge in [0.1, 0.15) is 0 Å². The third-order valence-corrected chi connectivity index (χ3v) is 2.43. The molecule has 0 heterocycles. The highest BCUT2D eigenvalue weighted by molar-refractivity contribution is 4.89. The van der Waals surface area contributed by atoms with Gasteiger partial charge in [-0.25, -0.2) is 8.78 Å². The third-order valence-electron chi connectivity index (χ3n) is 2.43. The molecule has 1 unspecified atom stereocenters. The molecule has 0 aliphatic heterocycles. The van der Waals surface area contributed by atoms with Crippen LogP contribution in [0, 0.1) is 0 Å². The first-order chi connectivity index (χ1) is 4.97. The maximum Gasteiger partial charge on any atom is 0.250 e. The van der Waals surface area contributed by atoms with Gasteiger partial charge in [0.25, 0.3) is 5.92 Å². The highest BCUT2D eigenvalue weighted by atomic mass is 19.3. The molecule has 1 fully saturated rings. The summed E-state index contributed by atoms with van der Waals surface area (Å²) >= 11 is 0. The molecular formula is C8H14F2O. The number of alkyl halides is 2. The molecule has 1 rings (SSSR count). The average Bonchev–Trinajstić information content (AvgIpc) is 1.85. The van der Waals surface area contributed by atoms with E-state index in [0.717, 1.165) is 0 Å². The van der Waals surface area contributed by atoms with Gasteiger partial charge in [-0.2, -0.15) is 0 Å². The second kappa shape index (κ2) is 2.70. The van der Waals surface area contributed by atoms with E-state index in [1.165, 1.54) is 0 Å². The van der Waals surface area contributed by atoms with Crippen molar-refractivity contribution in [2.75, 3.05) is 0 Å². The van der Waals surface area contributed by atoms with Crippen LogP contribution in [0.25, 0.3) is 0 Å². The van der Waals surface area contributed by atoms with Crippen LogP contribution in [0.2, 0.25) is 0 Å². The zero-order valence-electron chi connectivity index (χ0n) is 6.74. The molecule has 0 bridgehead atoms. The van der Waals surface area contributed by atoms with Crippen molar-refractivity contribution < 1.29 is 13.9 Å². The summed E-state index contributed by atoms with van der Waals surface area (Å²) in [7, 11) is 0. The Morgan fingerprint density at radius 1 is 1.36 bits per heavy atom. The van der Waals surface area contributed by atoms with Crippen molar-refractivity contribution >= 4 is 0 Å². The van der Waals surface area contributed by atoms with E-state index in [1.807, 2.05) is 0 Å². The number of rotatable bonds is 1. The zero-order chi connectivity index (χ0) is 8.54. The SMILES string of the molecule is CCC1(O)CCCC(F)(F)C1. The molecule has 3 heteroatoms. The minimum atomic E-state index is -2.64. The van der Waals surface area contributed by atoms with Crippen molar-refractivity contribution in [3.8, 4) is 0 Å². The van der Waals surface area contributed by atoms with Gasteiger partial charge in [0, 0.05) is 12.8 Å². The van der Waals surface area contributed by atoms with Crippen LogP contribution in [0.5, 0.6) is 0 Å². The van der Waals surface area contributed by atoms with Gasteiger partial charge in [0.2, 0.25) is 0 Å². The summed E-state index contributed by atoms with van der Waals surface area (Å²) in [5.41, 5.74) is -1.10. The minimum absolute atomic E-state index is 0.0602. The quantitative estimate of drug-likeness (QED) is 0.630. The normalized spacial score (nSPS) is 37.1. The van der Waals surface area contributed by atoms with E-state index in [2.05, 4.69) is 0 Å². The fourth-order valence-electron chi connectivity index (χ4n) is 1.64. The van der Waals surface area contributed by atoms with Crippen molar-refractivity contribution in [3.63, 3.8) is 0 Å². The number of halogens is 2. The molecule has 0 aromatic heterocycles. The molecule has 11 heavy (non-hydrogen) atoms. The van der Waals surface area contributed by atoms with Crippen molar-refractivity contribution in [2.24, 2.45) is 0 Å². The number of hydrogen-bond donors (Lipinski definition) is 1. The van der Waals surface area contributed by atoms with Crippen molar-refractivity contribution in [1.29, 1.82) is 0 Å². The highest BCUT2D eigenvalue weighted by Crippen LogP contribution is 2.40. The largest absolute Gasteiger partial charge is 0.390 e. The van der Waals surface area contributed by atoms with Crippen molar-refractivity contribution in [1.82, 2.24) is 0 Å². The molecule has 1 atom stereocenters. The summed E-state index contributed by atoms with van der Waals surface area (Å²) in [4.78, 5) is 0. The zero-order valence-corrected chi connectivity index (χ0v) is 6.74. The lowest BCUT2D eigenvalue weighted by atomic mass is 9.81. The fourth-order valence-corrected chi connectivity index (χ4v) is 1.64. The lowest BCUT2D eigenvalue weighted by Gasteiger charge is -2.35. The van der Waals surface area contributed by atoms with E-state index in [0.29, 0.717) is 19.3 Å². The van der Waals surface area contributed by atoms with Gasteiger partial charge in [-0.15, -0.1) is 0 Å². The van der Waals surface area contributed by atoms with E-state index in [4.69, 9.17) is 0 Å². The van der Waals surface area contributed by atoms with Crippen LogP contribution in [-0.2, 0) is 0 Å². The monoisotopic (exact) mass is 164 g/mol. The summed E-state index contributed by atoms with van der Waals surface area (Å²) < 4.78 is 25.5. The third kappa shape index (κ3) is 2.12. The van der Waals surface area contributed by atoms with Crippen LogP contribution < -0.4 is 0 Å². The molecule has 1 N–H and O–H groups in total. The first-order valence-electron chi connectivity index (χ1n) is 4.08. The van der Waals surface area contributed by atoms with Gasteiger partial charge in [-0.1, -0.05) is 6.92 Å². The molecule has 1 aliphatic carbocycles. The van der Waals surface area contributed by atoms with Crippen LogP contribution in [0.3, 0.4) is 0 Å². The first-order valence-corrected chi connectivity index (χ1v) is 4.08. The lowest BCUT2D eigenvalue weighted by Crippen LogP contribution is -2.40. The van der Waals surface area contributed by atoms with Crippen LogP contribution in [0.1, 0.15) is 39.0 Å². The Morgan fingerprint density at radius 3 is 2.36 bits per heavy atom. The van der Waals surface area contributed by atoms with Gasteiger partial charge in [-0.3, -0.25) is 0 Å². The Kier molecular flexibility index (Phi) is 2.19. The van der Waals surface area contributed by atoms with Crippen LogP contribution in [0.15, 0.2) is 0 Å². The van der Waals surface area contributed by atoms with Gasteiger partial charge >= 0.3 is 0 Å². The van der Waals surface area contributed by atoms with E-state index < -0.39 is 11.5 Å². The van der Waals surface area contributed by atoms with E-state index >= 15 is 0 Å². The Balaban J connectivity index is 2.59. The van der Waals surface area contributed by atoms with E-state index in [-0.39, 0.29) is 12.8 Å². The van der Waals surface area contributed by atoms with Crippen LogP contribution in [0.4, 0.5) is 8.78 Å². The van der Waals surface area contributed by atoms with Crippen molar-refractivity contribution in [3.05, 3.63) is 0 Å². The maximum atomic E-state index is 12.7. The summed E-state index contributed by atoms with van der Waals surface area (Å²) in [6.45, 7) is 1.75. The highest BCUT2D eigenvalue weighted by Gasteiger charge is 2.43. The average molecular weight is 164 g/mol. The fraction of sp³-hybridized carbons (Fsp3) is 1.00. The van der Waals surface area contributed by atoms with E-state index in [1.54, 1.807) is 6.92 Å². The molecule has 1 aliphatic rings. The molecular weight excluding hydrogens is 150 g/mol. The molecule has 0 aromatic rings. The Hall–Kier alpha value is -0.180.